The second-order valence-electron chi connectivity index (χ2n) is 5.13. The minimum atomic E-state index is -0.209. The molecule has 6 heteroatoms. The zero-order valence-electron chi connectivity index (χ0n) is 13.5. The smallest absolute Gasteiger partial charge is 0.258 e. The number of hydrogen-bond donors (Lipinski definition) is 1. The predicted octanol–water partition coefficient (Wildman–Crippen LogP) is 2.96. The highest BCUT2D eigenvalue weighted by atomic mass is 16.5. The number of pyridine rings is 2. The summed E-state index contributed by atoms with van der Waals surface area (Å²) in [5.41, 5.74) is 0.798. The van der Waals surface area contributed by atoms with Crippen molar-refractivity contribution in [1.82, 2.24) is 15.3 Å². The maximum Gasteiger partial charge on any atom is 0.258 e. The molecule has 3 rings (SSSR count). The van der Waals surface area contributed by atoms with E-state index in [0.29, 0.717) is 23.9 Å². The number of hydrogen-bond acceptors (Lipinski definition) is 5. The summed E-state index contributed by atoms with van der Waals surface area (Å²) in [5, 5.41) is 2.75. The third-order valence-corrected chi connectivity index (χ3v) is 3.25. The van der Waals surface area contributed by atoms with Crippen molar-refractivity contribution in [3.8, 4) is 17.4 Å². The number of rotatable bonds is 7. The van der Waals surface area contributed by atoms with E-state index in [-0.39, 0.29) is 12.5 Å². The predicted molar refractivity (Wildman–Crippen MR) is 92.3 cm³/mol. The summed E-state index contributed by atoms with van der Waals surface area (Å²) in [5.74, 6) is 1.54. The molecule has 0 saturated carbocycles. The molecule has 6 nitrogen and oxygen atoms in total. The SMILES string of the molecule is O=C(COc1ccc(Oc2ccccn2)cc1)NCc1ccccn1. The van der Waals surface area contributed by atoms with Gasteiger partial charge in [-0.05, 0) is 42.5 Å². The maximum absolute atomic E-state index is 11.8. The van der Waals surface area contributed by atoms with Crippen LogP contribution in [-0.2, 0) is 11.3 Å². The van der Waals surface area contributed by atoms with Gasteiger partial charge in [0.1, 0.15) is 11.5 Å². The first kappa shape index (κ1) is 16.4. The molecule has 0 radical (unpaired) electrons. The largest absolute Gasteiger partial charge is 0.484 e. The fourth-order valence-corrected chi connectivity index (χ4v) is 2.02. The molecule has 0 atom stereocenters. The lowest BCUT2D eigenvalue weighted by molar-refractivity contribution is -0.123. The van der Waals surface area contributed by atoms with Gasteiger partial charge in [-0.25, -0.2) is 4.98 Å². The van der Waals surface area contributed by atoms with E-state index in [9.17, 15) is 4.79 Å². The quantitative estimate of drug-likeness (QED) is 0.718. The molecular formula is C19H17N3O3. The molecule has 25 heavy (non-hydrogen) atoms. The molecular weight excluding hydrogens is 318 g/mol. The van der Waals surface area contributed by atoms with E-state index in [4.69, 9.17) is 9.47 Å². The van der Waals surface area contributed by atoms with Crippen molar-refractivity contribution in [2.75, 3.05) is 6.61 Å². The summed E-state index contributed by atoms with van der Waals surface area (Å²) >= 11 is 0. The summed E-state index contributed by atoms with van der Waals surface area (Å²) in [6.07, 6.45) is 3.35. The van der Waals surface area contributed by atoms with Gasteiger partial charge in [0, 0.05) is 18.5 Å². The number of amides is 1. The third kappa shape index (κ3) is 5.31. The lowest BCUT2D eigenvalue weighted by Gasteiger charge is -2.08. The van der Waals surface area contributed by atoms with E-state index in [1.807, 2.05) is 30.3 Å². The van der Waals surface area contributed by atoms with E-state index < -0.39 is 0 Å². The minimum absolute atomic E-state index is 0.0622. The van der Waals surface area contributed by atoms with E-state index in [1.54, 1.807) is 42.7 Å². The van der Waals surface area contributed by atoms with Crippen molar-refractivity contribution in [3.05, 3.63) is 78.8 Å². The number of carbonyl (C=O) groups is 1. The van der Waals surface area contributed by atoms with Crippen LogP contribution in [0, 0.1) is 0 Å². The summed E-state index contributed by atoms with van der Waals surface area (Å²) in [6.45, 7) is 0.313. The Balaban J connectivity index is 1.44. The molecule has 0 fully saturated rings. The van der Waals surface area contributed by atoms with Crippen molar-refractivity contribution in [2.24, 2.45) is 0 Å². The van der Waals surface area contributed by atoms with Crippen molar-refractivity contribution in [3.63, 3.8) is 0 Å². The van der Waals surface area contributed by atoms with Crippen LogP contribution in [0.4, 0.5) is 0 Å². The van der Waals surface area contributed by atoms with Gasteiger partial charge in [-0.1, -0.05) is 12.1 Å². The molecule has 3 aromatic rings. The maximum atomic E-state index is 11.8. The van der Waals surface area contributed by atoms with Gasteiger partial charge in [-0.15, -0.1) is 0 Å². The Morgan fingerprint density at radius 3 is 2.28 bits per heavy atom. The van der Waals surface area contributed by atoms with Gasteiger partial charge in [-0.2, -0.15) is 0 Å². The fraction of sp³-hybridized carbons (Fsp3) is 0.105. The molecule has 2 heterocycles. The summed E-state index contributed by atoms with van der Waals surface area (Å²) in [4.78, 5) is 20.0. The van der Waals surface area contributed by atoms with Crippen LogP contribution in [0.5, 0.6) is 17.4 Å². The fourth-order valence-electron chi connectivity index (χ4n) is 2.02. The summed E-state index contributed by atoms with van der Waals surface area (Å²) < 4.78 is 11.1. The Hall–Kier alpha value is -3.41. The highest BCUT2D eigenvalue weighted by molar-refractivity contribution is 5.77. The second kappa shape index (κ2) is 8.44. The van der Waals surface area contributed by atoms with Crippen LogP contribution in [0.2, 0.25) is 0 Å². The molecule has 0 saturated heterocycles. The van der Waals surface area contributed by atoms with Gasteiger partial charge in [0.15, 0.2) is 6.61 Å². The Morgan fingerprint density at radius 1 is 0.880 bits per heavy atom. The van der Waals surface area contributed by atoms with E-state index >= 15 is 0 Å². The van der Waals surface area contributed by atoms with Gasteiger partial charge >= 0.3 is 0 Å². The van der Waals surface area contributed by atoms with E-state index in [1.165, 1.54) is 0 Å². The van der Waals surface area contributed by atoms with Crippen LogP contribution in [0.3, 0.4) is 0 Å². The Bertz CT molecular complexity index is 793. The van der Waals surface area contributed by atoms with Gasteiger partial charge in [0.2, 0.25) is 5.88 Å². The summed E-state index contributed by atoms with van der Waals surface area (Å²) in [6, 6.07) is 18.0. The molecule has 1 amide bonds. The van der Waals surface area contributed by atoms with E-state index in [0.717, 1.165) is 5.69 Å². The zero-order valence-corrected chi connectivity index (χ0v) is 13.5. The van der Waals surface area contributed by atoms with Crippen LogP contribution in [0.25, 0.3) is 0 Å². The Labute approximate surface area is 145 Å². The molecule has 0 aliphatic carbocycles. The molecule has 1 N–H and O–H groups in total. The van der Waals surface area contributed by atoms with Crippen molar-refractivity contribution in [2.45, 2.75) is 6.54 Å². The standard InChI is InChI=1S/C19H17N3O3/c23-18(22-13-15-5-1-3-11-20-15)14-24-16-7-9-17(10-8-16)25-19-6-2-4-12-21-19/h1-12H,13-14H2,(H,22,23). The van der Waals surface area contributed by atoms with Gasteiger partial charge in [0.25, 0.3) is 5.91 Å². The van der Waals surface area contributed by atoms with Gasteiger partial charge in [0.05, 0.1) is 12.2 Å². The first-order valence-electron chi connectivity index (χ1n) is 7.78. The lowest BCUT2D eigenvalue weighted by Crippen LogP contribution is -2.28. The monoisotopic (exact) mass is 335 g/mol. The first-order chi connectivity index (χ1) is 12.3. The molecule has 0 spiro atoms. The van der Waals surface area contributed by atoms with Gasteiger partial charge in [-0.3, -0.25) is 9.78 Å². The number of nitrogens with one attached hydrogen (secondary N) is 1. The highest BCUT2D eigenvalue weighted by Crippen LogP contribution is 2.22. The van der Waals surface area contributed by atoms with Crippen molar-refractivity contribution < 1.29 is 14.3 Å². The number of nitrogens with zero attached hydrogens (tertiary/aromatic N) is 2. The van der Waals surface area contributed by atoms with Crippen LogP contribution in [0.15, 0.2) is 73.1 Å². The number of ether oxygens (including phenoxy) is 2. The summed E-state index contributed by atoms with van der Waals surface area (Å²) in [7, 11) is 0. The Kier molecular flexibility index (Phi) is 5.56. The van der Waals surface area contributed by atoms with Crippen LogP contribution >= 0.6 is 0 Å². The molecule has 2 aromatic heterocycles. The molecule has 126 valence electrons. The van der Waals surface area contributed by atoms with Crippen LogP contribution < -0.4 is 14.8 Å². The number of benzene rings is 1. The van der Waals surface area contributed by atoms with E-state index in [2.05, 4.69) is 15.3 Å². The highest BCUT2D eigenvalue weighted by Gasteiger charge is 2.04. The molecule has 1 aromatic carbocycles. The minimum Gasteiger partial charge on any atom is -0.484 e. The Morgan fingerprint density at radius 2 is 1.60 bits per heavy atom. The molecule has 0 aliphatic rings. The topological polar surface area (TPSA) is 73.3 Å². The van der Waals surface area contributed by atoms with Crippen molar-refractivity contribution >= 4 is 5.91 Å². The number of aromatic nitrogens is 2. The molecule has 0 unspecified atom stereocenters. The number of carbonyl (C=O) groups excluding carboxylic acids is 1. The molecule has 0 aliphatic heterocycles. The van der Waals surface area contributed by atoms with Crippen LogP contribution in [-0.4, -0.2) is 22.5 Å². The molecule has 0 bridgehead atoms. The van der Waals surface area contributed by atoms with Crippen molar-refractivity contribution in [1.29, 1.82) is 0 Å². The normalized spacial score (nSPS) is 10.1. The zero-order chi connectivity index (χ0) is 17.3. The third-order valence-electron chi connectivity index (χ3n) is 3.25. The average molecular weight is 335 g/mol. The van der Waals surface area contributed by atoms with Gasteiger partial charge < -0.3 is 14.8 Å². The first-order valence-corrected chi connectivity index (χ1v) is 7.78. The second-order valence-corrected chi connectivity index (χ2v) is 5.13. The van der Waals surface area contributed by atoms with Crippen LogP contribution in [0.1, 0.15) is 5.69 Å². The lowest BCUT2D eigenvalue weighted by atomic mass is 10.3. The average Bonchev–Trinajstić information content (AvgIpc) is 2.67.